The van der Waals surface area contributed by atoms with Gasteiger partial charge in [0.1, 0.15) is 10.6 Å². The lowest BCUT2D eigenvalue weighted by atomic mass is 10.1. The summed E-state index contributed by atoms with van der Waals surface area (Å²) in [6, 6.07) is 11.9. The first-order chi connectivity index (χ1) is 8.92. The van der Waals surface area contributed by atoms with Crippen LogP contribution in [0.2, 0.25) is 0 Å². The van der Waals surface area contributed by atoms with E-state index in [0.29, 0.717) is 10.2 Å². The van der Waals surface area contributed by atoms with Gasteiger partial charge >= 0.3 is 10.1 Å². The van der Waals surface area contributed by atoms with Gasteiger partial charge in [0, 0.05) is 4.47 Å². The van der Waals surface area contributed by atoms with Gasteiger partial charge in [0.15, 0.2) is 0 Å². The Morgan fingerprint density at radius 1 is 1.00 bits per heavy atom. The fourth-order valence-electron chi connectivity index (χ4n) is 1.63. The minimum Gasteiger partial charge on any atom is -0.379 e. The van der Waals surface area contributed by atoms with E-state index in [9.17, 15) is 8.42 Å². The highest BCUT2D eigenvalue weighted by Gasteiger charge is 2.20. The first-order valence-electron chi connectivity index (χ1n) is 5.67. The van der Waals surface area contributed by atoms with E-state index in [1.165, 1.54) is 6.07 Å². The van der Waals surface area contributed by atoms with Crippen molar-refractivity contribution in [3.63, 3.8) is 0 Å². The summed E-state index contributed by atoms with van der Waals surface area (Å²) in [4.78, 5) is 0.121. The van der Waals surface area contributed by atoms with Gasteiger partial charge in [-0.15, -0.1) is 0 Å². The lowest BCUT2D eigenvalue weighted by Gasteiger charge is -2.11. The Bertz CT molecular complexity index is 708. The molecule has 0 radical (unpaired) electrons. The molecule has 0 aliphatic carbocycles. The average Bonchev–Trinajstić information content (AvgIpc) is 2.35. The third kappa shape index (κ3) is 2.98. The Morgan fingerprint density at radius 3 is 2.37 bits per heavy atom. The summed E-state index contributed by atoms with van der Waals surface area (Å²) in [5, 5.41) is 0. The molecule has 0 saturated carbocycles. The predicted octanol–water partition coefficient (Wildman–Crippen LogP) is 3.83. The molecule has 2 aromatic rings. The van der Waals surface area contributed by atoms with E-state index in [0.717, 1.165) is 11.1 Å². The highest BCUT2D eigenvalue weighted by Crippen LogP contribution is 2.27. The van der Waals surface area contributed by atoms with Crippen molar-refractivity contribution in [2.75, 3.05) is 0 Å². The van der Waals surface area contributed by atoms with Crippen LogP contribution in [-0.2, 0) is 10.1 Å². The van der Waals surface area contributed by atoms with Gasteiger partial charge in [-0.25, -0.2) is 0 Å². The van der Waals surface area contributed by atoms with E-state index in [-0.39, 0.29) is 4.90 Å². The normalized spacial score (nSPS) is 11.3. The monoisotopic (exact) mass is 340 g/mol. The standard InChI is InChI=1S/C14H13BrO3S/c1-10-6-5-8-13(11(10)2)18-19(16,17)14-9-4-3-7-12(14)15/h3-9H,1-2H3. The van der Waals surface area contributed by atoms with E-state index in [4.69, 9.17) is 4.18 Å². The second-order valence-corrected chi connectivity index (χ2v) is 6.54. The van der Waals surface area contributed by atoms with Gasteiger partial charge in [0.25, 0.3) is 0 Å². The van der Waals surface area contributed by atoms with Gasteiger partial charge in [0.2, 0.25) is 0 Å². The van der Waals surface area contributed by atoms with Crippen LogP contribution >= 0.6 is 15.9 Å². The summed E-state index contributed by atoms with van der Waals surface area (Å²) in [6.07, 6.45) is 0. The van der Waals surface area contributed by atoms with Crippen LogP contribution in [0.15, 0.2) is 51.8 Å². The summed E-state index contributed by atoms with van der Waals surface area (Å²) in [5.74, 6) is 0.357. The van der Waals surface area contributed by atoms with Crippen LogP contribution in [0, 0.1) is 13.8 Å². The number of hydrogen-bond acceptors (Lipinski definition) is 3. The maximum Gasteiger partial charge on any atom is 0.340 e. The number of aryl methyl sites for hydroxylation is 1. The molecule has 0 saturated heterocycles. The molecule has 2 aromatic carbocycles. The quantitative estimate of drug-likeness (QED) is 0.797. The van der Waals surface area contributed by atoms with Crippen LogP contribution in [-0.4, -0.2) is 8.42 Å². The zero-order valence-electron chi connectivity index (χ0n) is 10.6. The molecule has 0 fully saturated rings. The lowest BCUT2D eigenvalue weighted by molar-refractivity contribution is 0.483. The number of hydrogen-bond donors (Lipinski definition) is 0. The Balaban J connectivity index is 2.43. The Labute approximate surface area is 121 Å². The SMILES string of the molecule is Cc1cccc(OS(=O)(=O)c2ccccc2Br)c1C. The first-order valence-corrected chi connectivity index (χ1v) is 7.87. The minimum atomic E-state index is -3.83. The summed E-state index contributed by atoms with van der Waals surface area (Å²) in [6.45, 7) is 3.74. The molecule has 5 heteroatoms. The maximum atomic E-state index is 12.2. The van der Waals surface area contributed by atoms with E-state index in [1.54, 1.807) is 30.3 Å². The number of benzene rings is 2. The molecule has 0 atom stereocenters. The second-order valence-electron chi connectivity index (χ2n) is 4.17. The van der Waals surface area contributed by atoms with Crippen LogP contribution in [0.4, 0.5) is 0 Å². The molecule has 0 N–H and O–H groups in total. The molecule has 0 aliphatic rings. The van der Waals surface area contributed by atoms with Crippen LogP contribution in [0.25, 0.3) is 0 Å². The first kappa shape index (κ1) is 14.1. The fraction of sp³-hybridized carbons (Fsp3) is 0.143. The van der Waals surface area contributed by atoms with E-state index >= 15 is 0 Å². The molecule has 0 aromatic heterocycles. The Morgan fingerprint density at radius 2 is 1.68 bits per heavy atom. The molecule has 3 nitrogen and oxygen atoms in total. The highest BCUT2D eigenvalue weighted by atomic mass is 79.9. The van der Waals surface area contributed by atoms with Crippen molar-refractivity contribution in [2.45, 2.75) is 18.7 Å². The van der Waals surface area contributed by atoms with Gasteiger partial charge in [-0.1, -0.05) is 24.3 Å². The van der Waals surface area contributed by atoms with Crippen molar-refractivity contribution >= 4 is 26.0 Å². The summed E-state index contributed by atoms with van der Waals surface area (Å²) in [7, 11) is -3.83. The summed E-state index contributed by atoms with van der Waals surface area (Å²) in [5.41, 5.74) is 1.80. The van der Waals surface area contributed by atoms with E-state index in [2.05, 4.69) is 15.9 Å². The van der Waals surface area contributed by atoms with Crippen molar-refractivity contribution in [3.8, 4) is 5.75 Å². The van der Waals surface area contributed by atoms with Crippen molar-refractivity contribution in [1.82, 2.24) is 0 Å². The lowest BCUT2D eigenvalue weighted by Crippen LogP contribution is -2.11. The molecule has 0 aliphatic heterocycles. The summed E-state index contributed by atoms with van der Waals surface area (Å²) >= 11 is 3.22. The molecular weight excluding hydrogens is 328 g/mol. The molecule has 2 rings (SSSR count). The molecule has 0 bridgehead atoms. The van der Waals surface area contributed by atoms with Crippen molar-refractivity contribution in [2.24, 2.45) is 0 Å². The topological polar surface area (TPSA) is 43.4 Å². The van der Waals surface area contributed by atoms with Gasteiger partial charge in [-0.05, 0) is 59.1 Å². The van der Waals surface area contributed by atoms with Gasteiger partial charge < -0.3 is 4.18 Å². The largest absolute Gasteiger partial charge is 0.379 e. The van der Waals surface area contributed by atoms with Gasteiger partial charge in [0.05, 0.1) is 0 Å². The third-order valence-corrected chi connectivity index (χ3v) is 5.11. The van der Waals surface area contributed by atoms with E-state index in [1.807, 2.05) is 19.9 Å². The second kappa shape index (κ2) is 5.35. The highest BCUT2D eigenvalue weighted by molar-refractivity contribution is 9.10. The van der Waals surface area contributed by atoms with E-state index < -0.39 is 10.1 Å². The molecular formula is C14H13BrO3S. The molecule has 0 unspecified atom stereocenters. The van der Waals surface area contributed by atoms with Gasteiger partial charge in [-0.2, -0.15) is 8.42 Å². The minimum absolute atomic E-state index is 0.121. The van der Waals surface area contributed by atoms with Crippen LogP contribution in [0.5, 0.6) is 5.75 Å². The zero-order chi connectivity index (χ0) is 14.0. The maximum absolute atomic E-state index is 12.2. The smallest absolute Gasteiger partial charge is 0.340 e. The molecule has 0 heterocycles. The van der Waals surface area contributed by atoms with Crippen molar-refractivity contribution in [1.29, 1.82) is 0 Å². The molecule has 19 heavy (non-hydrogen) atoms. The molecule has 100 valence electrons. The van der Waals surface area contributed by atoms with Crippen LogP contribution in [0.1, 0.15) is 11.1 Å². The molecule has 0 spiro atoms. The Kier molecular flexibility index (Phi) is 3.96. The fourth-order valence-corrected chi connectivity index (χ4v) is 3.56. The van der Waals surface area contributed by atoms with Crippen LogP contribution < -0.4 is 4.18 Å². The molecule has 0 amide bonds. The number of halogens is 1. The Hall–Kier alpha value is -1.33. The van der Waals surface area contributed by atoms with Crippen LogP contribution in [0.3, 0.4) is 0 Å². The summed E-state index contributed by atoms with van der Waals surface area (Å²) < 4.78 is 30.2. The third-order valence-electron chi connectivity index (χ3n) is 2.86. The number of rotatable bonds is 3. The van der Waals surface area contributed by atoms with Crippen molar-refractivity contribution < 1.29 is 12.6 Å². The van der Waals surface area contributed by atoms with Gasteiger partial charge in [-0.3, -0.25) is 0 Å². The average molecular weight is 341 g/mol. The van der Waals surface area contributed by atoms with Crippen molar-refractivity contribution in [3.05, 3.63) is 58.1 Å². The zero-order valence-corrected chi connectivity index (χ0v) is 13.0. The predicted molar refractivity (Wildman–Crippen MR) is 77.9 cm³/mol.